The summed E-state index contributed by atoms with van der Waals surface area (Å²) in [6, 6.07) is 22.2. The number of halogens is 2. The number of aromatic nitrogens is 6. The molecule has 7 aromatic rings. The third kappa shape index (κ3) is 6.33. The predicted octanol–water partition coefficient (Wildman–Crippen LogP) is 4.63. The average molecular weight is 722 g/mol. The molecule has 1 aliphatic rings. The number of benzene rings is 3. The molecule has 264 valence electrons. The molecule has 0 saturated carbocycles. The number of nitrogens with two attached hydrogens (primary N) is 1. The number of anilines is 1. The molecule has 5 heterocycles. The lowest BCUT2D eigenvalue weighted by Crippen LogP contribution is -2.50. The van der Waals surface area contributed by atoms with E-state index in [1.807, 2.05) is 70.3 Å². The highest BCUT2D eigenvalue weighted by atomic mass is 32.1. The summed E-state index contributed by atoms with van der Waals surface area (Å²) in [5.41, 5.74) is 6.81. The number of amides is 1. The number of fused-ring (bicyclic) bond motifs is 2. The van der Waals surface area contributed by atoms with Gasteiger partial charge in [-0.2, -0.15) is 5.10 Å². The van der Waals surface area contributed by atoms with E-state index in [4.69, 9.17) is 5.73 Å². The van der Waals surface area contributed by atoms with Crippen LogP contribution in [-0.4, -0.2) is 70.5 Å². The van der Waals surface area contributed by atoms with Crippen LogP contribution >= 0.6 is 11.3 Å². The first-order valence-electron chi connectivity index (χ1n) is 16.7. The summed E-state index contributed by atoms with van der Waals surface area (Å²) in [7, 11) is 0. The number of likely N-dealkylation sites (tertiary alicyclic amines) is 1. The van der Waals surface area contributed by atoms with Crippen LogP contribution in [0.5, 0.6) is 0 Å². The van der Waals surface area contributed by atoms with E-state index in [9.17, 15) is 23.5 Å². The maximum atomic E-state index is 14.9. The van der Waals surface area contributed by atoms with Gasteiger partial charge in [0.2, 0.25) is 0 Å². The fourth-order valence-corrected chi connectivity index (χ4v) is 7.89. The molecular formula is C37H33F2N9O3S. The van der Waals surface area contributed by atoms with Crippen LogP contribution in [0, 0.1) is 11.6 Å². The molecule has 0 spiro atoms. The molecule has 0 aliphatic carbocycles. The third-order valence-corrected chi connectivity index (χ3v) is 10.5. The van der Waals surface area contributed by atoms with Gasteiger partial charge in [0.1, 0.15) is 34.7 Å². The number of aliphatic hydroxyl groups is 1. The summed E-state index contributed by atoms with van der Waals surface area (Å²) >= 11 is 1.15. The molecule has 52 heavy (non-hydrogen) atoms. The minimum absolute atomic E-state index is 0.0395. The fourth-order valence-electron chi connectivity index (χ4n) is 6.96. The van der Waals surface area contributed by atoms with Gasteiger partial charge >= 0.3 is 0 Å². The molecule has 1 saturated heterocycles. The Labute approximate surface area is 299 Å². The van der Waals surface area contributed by atoms with Crippen LogP contribution < -0.4 is 16.6 Å². The number of para-hydroxylation sites is 1. The second-order valence-electron chi connectivity index (χ2n) is 13.0. The number of piperidine rings is 1. The molecule has 0 bridgehead atoms. The quantitative estimate of drug-likeness (QED) is 0.196. The molecule has 4 aromatic heterocycles. The van der Waals surface area contributed by atoms with Crippen LogP contribution in [0.2, 0.25) is 0 Å². The number of carbonyl (C=O) groups excluding carboxylic acids is 1. The van der Waals surface area contributed by atoms with Crippen LogP contribution in [0.15, 0.2) is 103 Å². The summed E-state index contributed by atoms with van der Waals surface area (Å²) < 4.78 is 33.6. The van der Waals surface area contributed by atoms with Crippen molar-refractivity contribution in [1.82, 2.24) is 39.1 Å². The van der Waals surface area contributed by atoms with Crippen molar-refractivity contribution >= 4 is 44.3 Å². The van der Waals surface area contributed by atoms with Crippen molar-refractivity contribution < 1.29 is 18.7 Å². The number of hydrogen-bond donors (Lipinski definition) is 3. The molecule has 12 nitrogen and oxygen atoms in total. The Morgan fingerprint density at radius 2 is 1.79 bits per heavy atom. The van der Waals surface area contributed by atoms with Gasteiger partial charge in [-0.1, -0.05) is 30.3 Å². The highest BCUT2D eigenvalue weighted by Gasteiger charge is 2.37. The van der Waals surface area contributed by atoms with Gasteiger partial charge in [0.15, 0.2) is 5.82 Å². The Morgan fingerprint density at radius 3 is 2.54 bits per heavy atom. The number of rotatable bonds is 9. The molecule has 1 unspecified atom stereocenters. The zero-order chi connectivity index (χ0) is 36.0. The van der Waals surface area contributed by atoms with Crippen molar-refractivity contribution in [2.75, 3.05) is 25.4 Å². The maximum Gasteiger partial charge on any atom is 0.298 e. The van der Waals surface area contributed by atoms with E-state index in [-0.39, 0.29) is 36.4 Å². The molecule has 3 aromatic carbocycles. The second kappa shape index (κ2) is 13.4. The monoisotopic (exact) mass is 721 g/mol. The van der Waals surface area contributed by atoms with Gasteiger partial charge in [0.05, 0.1) is 28.1 Å². The molecule has 0 radical (unpaired) electrons. The molecule has 1 aliphatic heterocycles. The summed E-state index contributed by atoms with van der Waals surface area (Å²) in [6.07, 6.45) is 5.86. The molecule has 8 rings (SSSR count). The van der Waals surface area contributed by atoms with Crippen LogP contribution in [0.1, 0.15) is 28.1 Å². The number of thiophene rings is 1. The summed E-state index contributed by atoms with van der Waals surface area (Å²) in [5, 5.41) is 19.9. The smallest absolute Gasteiger partial charge is 0.298 e. The number of nitrogen functional groups attached to an aromatic ring is 1. The summed E-state index contributed by atoms with van der Waals surface area (Å²) in [5.74, 6) is -2.06. The van der Waals surface area contributed by atoms with E-state index in [0.29, 0.717) is 46.8 Å². The van der Waals surface area contributed by atoms with E-state index in [2.05, 4.69) is 20.4 Å². The van der Waals surface area contributed by atoms with Crippen molar-refractivity contribution in [3.63, 3.8) is 0 Å². The molecule has 1 fully saturated rings. The van der Waals surface area contributed by atoms with Gasteiger partial charge in [0, 0.05) is 54.6 Å². The standard InChI is InChI=1S/C37H33F2N9O3S/c38-24-7-9-28(29(39)16-24)37(51,20-46-22-41-21-42-46)19-45-13-11-25(12-14-45)43-34(49)32-18-31-35(52-32)44-33(40)36(50)48(31)27-8-6-23-10-15-47(30(23)17-27)26-4-2-1-3-5-26/h1-10,15-18,21-22,25,51H,11-14,19-20H2,(H2,40,44)(H,43,49). The largest absolute Gasteiger partial charge is 0.382 e. The van der Waals surface area contributed by atoms with Crippen LogP contribution in [-0.2, 0) is 12.1 Å². The minimum Gasteiger partial charge on any atom is -0.382 e. The van der Waals surface area contributed by atoms with Crippen molar-refractivity contribution in [2.24, 2.45) is 0 Å². The Morgan fingerprint density at radius 1 is 0.981 bits per heavy atom. The van der Waals surface area contributed by atoms with Gasteiger partial charge in [-0.25, -0.2) is 23.4 Å². The average Bonchev–Trinajstić information content (AvgIpc) is 3.90. The highest BCUT2D eigenvalue weighted by molar-refractivity contribution is 7.20. The lowest BCUT2D eigenvalue weighted by Gasteiger charge is -2.38. The Bertz CT molecular complexity index is 2470. The summed E-state index contributed by atoms with van der Waals surface area (Å²) in [4.78, 5) is 38.1. The van der Waals surface area contributed by atoms with Gasteiger partial charge in [-0.15, -0.1) is 11.3 Å². The number of β-amino-alcohol motifs (C(OH)–C–C–N with tert-alkyl or cyclic N) is 1. The van der Waals surface area contributed by atoms with Crippen molar-refractivity contribution in [3.8, 4) is 11.4 Å². The maximum absolute atomic E-state index is 14.9. The molecule has 4 N–H and O–H groups in total. The number of nitrogens with one attached hydrogen (secondary N) is 1. The normalized spacial score (nSPS) is 15.3. The van der Waals surface area contributed by atoms with Gasteiger partial charge in [-0.3, -0.25) is 19.1 Å². The van der Waals surface area contributed by atoms with E-state index in [1.54, 1.807) is 6.07 Å². The zero-order valence-corrected chi connectivity index (χ0v) is 28.5. The summed E-state index contributed by atoms with van der Waals surface area (Å²) in [6.45, 7) is 0.976. The number of carbonyl (C=O) groups is 1. The number of nitrogens with zero attached hydrogens (tertiary/aromatic N) is 7. The Kier molecular flexibility index (Phi) is 8.61. The lowest BCUT2D eigenvalue weighted by molar-refractivity contribution is -0.0271. The van der Waals surface area contributed by atoms with E-state index in [0.717, 1.165) is 40.1 Å². The topological polar surface area (TPSA) is 149 Å². The lowest BCUT2D eigenvalue weighted by atomic mass is 9.91. The molecular weight excluding hydrogens is 689 g/mol. The van der Waals surface area contributed by atoms with Crippen LogP contribution in [0.3, 0.4) is 0 Å². The van der Waals surface area contributed by atoms with Crippen LogP contribution in [0.25, 0.3) is 32.6 Å². The van der Waals surface area contributed by atoms with Crippen LogP contribution in [0.4, 0.5) is 14.6 Å². The highest BCUT2D eigenvalue weighted by Crippen LogP contribution is 2.31. The zero-order valence-electron chi connectivity index (χ0n) is 27.7. The van der Waals surface area contributed by atoms with E-state index >= 15 is 0 Å². The van der Waals surface area contributed by atoms with Crippen molar-refractivity contribution in [3.05, 3.63) is 130 Å². The number of hydrogen-bond acceptors (Lipinski definition) is 9. The minimum atomic E-state index is -1.72. The van der Waals surface area contributed by atoms with Gasteiger partial charge in [-0.05, 0) is 55.3 Å². The molecule has 15 heteroatoms. The Balaban J connectivity index is 0.998. The predicted molar refractivity (Wildman–Crippen MR) is 194 cm³/mol. The molecule has 1 atom stereocenters. The fraction of sp³-hybridized carbons (Fsp3) is 0.216. The van der Waals surface area contributed by atoms with Gasteiger partial charge in [0.25, 0.3) is 11.5 Å². The van der Waals surface area contributed by atoms with Crippen molar-refractivity contribution in [2.45, 2.75) is 31.0 Å². The molecule has 1 amide bonds. The third-order valence-electron chi connectivity index (χ3n) is 9.50. The van der Waals surface area contributed by atoms with Crippen molar-refractivity contribution in [1.29, 1.82) is 0 Å². The Hall–Kier alpha value is -5.77. The SMILES string of the molecule is Nc1nc2sc(C(=O)NC3CCN(CC(O)(Cn4cncn4)c4ccc(F)cc4F)CC3)cc2n(-c2ccc3ccn(-c4ccccc4)c3c2)c1=O. The van der Waals surface area contributed by atoms with E-state index < -0.39 is 22.8 Å². The first-order valence-corrected chi connectivity index (χ1v) is 17.5. The first kappa shape index (κ1) is 33.4. The van der Waals surface area contributed by atoms with Gasteiger partial charge < -0.3 is 20.7 Å². The van der Waals surface area contributed by atoms with E-state index in [1.165, 1.54) is 28.0 Å². The second-order valence-corrected chi connectivity index (χ2v) is 14.0. The first-order chi connectivity index (χ1) is 25.1.